The second-order valence-electron chi connectivity index (χ2n) is 7.53. The van der Waals surface area contributed by atoms with Crippen molar-refractivity contribution in [2.45, 2.75) is 59.8 Å². The van der Waals surface area contributed by atoms with Gasteiger partial charge in [-0.2, -0.15) is 0 Å². The van der Waals surface area contributed by atoms with E-state index in [9.17, 15) is 0 Å². The average Bonchev–Trinajstić information content (AvgIpc) is 3.27. The summed E-state index contributed by atoms with van der Waals surface area (Å²) in [6.07, 6.45) is 11.4. The fourth-order valence-corrected chi connectivity index (χ4v) is 3.22. The van der Waals surface area contributed by atoms with Crippen molar-refractivity contribution in [3.63, 3.8) is 0 Å². The van der Waals surface area contributed by atoms with E-state index >= 15 is 0 Å². The van der Waals surface area contributed by atoms with Crippen LogP contribution in [0, 0.1) is 17.8 Å². The quantitative estimate of drug-likeness (QED) is 0.554. The molecule has 2 aliphatic rings. The van der Waals surface area contributed by atoms with Crippen molar-refractivity contribution in [3.8, 4) is 0 Å². The minimum Gasteiger partial charge on any atom is -0.371 e. The first-order chi connectivity index (χ1) is 9.97. The number of hydrogen-bond donors (Lipinski definition) is 0. The third-order valence-electron chi connectivity index (χ3n) is 4.96. The van der Waals surface area contributed by atoms with Gasteiger partial charge in [0.1, 0.15) is 0 Å². The summed E-state index contributed by atoms with van der Waals surface area (Å²) in [6, 6.07) is 0. The Morgan fingerprint density at radius 3 is 2.57 bits per heavy atom. The lowest BCUT2D eigenvalue weighted by Crippen LogP contribution is -2.28. The molecular weight excluding hydrogens is 254 g/mol. The second kappa shape index (κ2) is 7.33. The Morgan fingerprint density at radius 1 is 1.33 bits per heavy atom. The van der Waals surface area contributed by atoms with E-state index in [4.69, 9.17) is 0 Å². The molecule has 0 bridgehead atoms. The molecule has 0 saturated heterocycles. The fraction of sp³-hybridized carbons (Fsp3) is 0.700. The van der Waals surface area contributed by atoms with Crippen LogP contribution in [0.3, 0.4) is 0 Å². The summed E-state index contributed by atoms with van der Waals surface area (Å²) in [4.78, 5) is 2.52. The van der Waals surface area contributed by atoms with Gasteiger partial charge in [-0.25, -0.2) is 0 Å². The Kier molecular flexibility index (Phi) is 5.72. The summed E-state index contributed by atoms with van der Waals surface area (Å²) >= 11 is 0. The van der Waals surface area contributed by atoms with E-state index in [0.29, 0.717) is 5.92 Å². The van der Waals surface area contributed by atoms with Crippen LogP contribution in [0.1, 0.15) is 59.8 Å². The predicted molar refractivity (Wildman–Crippen MR) is 93.1 cm³/mol. The van der Waals surface area contributed by atoms with Crippen molar-refractivity contribution < 1.29 is 0 Å². The van der Waals surface area contributed by atoms with Crippen molar-refractivity contribution in [1.82, 2.24) is 4.90 Å². The van der Waals surface area contributed by atoms with Crippen LogP contribution < -0.4 is 0 Å². The normalized spacial score (nSPS) is 23.2. The molecule has 0 aromatic rings. The smallest absolute Gasteiger partial charge is 0.0359 e. The lowest BCUT2D eigenvalue weighted by atomic mass is 9.85. The maximum Gasteiger partial charge on any atom is 0.0359 e. The first-order valence-corrected chi connectivity index (χ1v) is 8.73. The molecule has 1 saturated carbocycles. The van der Waals surface area contributed by atoms with Gasteiger partial charge in [0.05, 0.1) is 0 Å². The van der Waals surface area contributed by atoms with Gasteiger partial charge in [0.25, 0.3) is 0 Å². The fourth-order valence-electron chi connectivity index (χ4n) is 3.22. The minimum absolute atomic E-state index is 0.703. The molecular formula is C20H33N. The molecule has 0 radical (unpaired) electrons. The molecule has 21 heavy (non-hydrogen) atoms. The summed E-state index contributed by atoms with van der Waals surface area (Å²) in [7, 11) is 0. The van der Waals surface area contributed by atoms with E-state index in [1.807, 2.05) is 0 Å². The molecule has 0 aromatic carbocycles. The first-order valence-electron chi connectivity index (χ1n) is 8.73. The standard InChI is InChI=1S/C20H33N/c1-15(2)14-21(18(5)20-10-11-20)13-12-17(4)19-8-6-16(3)7-9-19/h6,12,15,19-20H,5,7-11,13-14H2,1-4H3/b17-12-. The van der Waals surface area contributed by atoms with Gasteiger partial charge in [0, 0.05) is 18.8 Å². The molecule has 2 rings (SSSR count). The van der Waals surface area contributed by atoms with Gasteiger partial charge >= 0.3 is 0 Å². The van der Waals surface area contributed by atoms with Gasteiger partial charge in [-0.3, -0.25) is 0 Å². The molecule has 1 nitrogen and oxygen atoms in total. The van der Waals surface area contributed by atoms with Gasteiger partial charge in [0.2, 0.25) is 0 Å². The predicted octanol–water partition coefficient (Wildman–Crippen LogP) is 5.56. The molecule has 1 heteroatoms. The third kappa shape index (κ3) is 5.05. The van der Waals surface area contributed by atoms with Crippen molar-refractivity contribution in [1.29, 1.82) is 0 Å². The second-order valence-corrected chi connectivity index (χ2v) is 7.53. The van der Waals surface area contributed by atoms with Gasteiger partial charge in [0.15, 0.2) is 0 Å². The first kappa shape index (κ1) is 16.4. The zero-order valence-electron chi connectivity index (χ0n) is 14.5. The number of hydrogen-bond acceptors (Lipinski definition) is 1. The lowest BCUT2D eigenvalue weighted by molar-refractivity contribution is 0.317. The van der Waals surface area contributed by atoms with Gasteiger partial charge in [-0.05, 0) is 63.7 Å². The molecule has 1 atom stereocenters. The van der Waals surface area contributed by atoms with Crippen molar-refractivity contribution in [2.24, 2.45) is 17.8 Å². The molecule has 0 N–H and O–H groups in total. The molecule has 118 valence electrons. The Balaban J connectivity index is 1.92. The molecule has 0 aromatic heterocycles. The van der Waals surface area contributed by atoms with Crippen LogP contribution in [0.4, 0.5) is 0 Å². The topological polar surface area (TPSA) is 3.24 Å². The van der Waals surface area contributed by atoms with Crippen LogP contribution in [0.25, 0.3) is 0 Å². The highest BCUT2D eigenvalue weighted by Crippen LogP contribution is 2.37. The highest BCUT2D eigenvalue weighted by atomic mass is 15.1. The molecule has 0 heterocycles. The highest BCUT2D eigenvalue weighted by Gasteiger charge is 2.28. The summed E-state index contributed by atoms with van der Waals surface area (Å²) in [5.41, 5.74) is 4.53. The van der Waals surface area contributed by atoms with Gasteiger partial charge < -0.3 is 4.90 Å². The molecule has 0 aliphatic heterocycles. The summed E-state index contributed by atoms with van der Waals surface area (Å²) in [6.45, 7) is 15.8. The van der Waals surface area contributed by atoms with E-state index in [1.54, 1.807) is 11.1 Å². The van der Waals surface area contributed by atoms with Crippen LogP contribution in [0.15, 0.2) is 35.6 Å². The van der Waals surface area contributed by atoms with Crippen molar-refractivity contribution >= 4 is 0 Å². The van der Waals surface area contributed by atoms with Crippen LogP contribution >= 0.6 is 0 Å². The average molecular weight is 287 g/mol. The van der Waals surface area contributed by atoms with E-state index < -0.39 is 0 Å². The largest absolute Gasteiger partial charge is 0.371 e. The Morgan fingerprint density at radius 2 is 2.05 bits per heavy atom. The maximum absolute atomic E-state index is 4.36. The van der Waals surface area contributed by atoms with Gasteiger partial charge in [-0.15, -0.1) is 0 Å². The van der Waals surface area contributed by atoms with E-state index in [-0.39, 0.29) is 0 Å². The summed E-state index contributed by atoms with van der Waals surface area (Å²) in [5.74, 6) is 2.25. The summed E-state index contributed by atoms with van der Waals surface area (Å²) < 4.78 is 0. The summed E-state index contributed by atoms with van der Waals surface area (Å²) in [5, 5.41) is 0. The van der Waals surface area contributed by atoms with Crippen LogP contribution in [0.5, 0.6) is 0 Å². The van der Waals surface area contributed by atoms with E-state index in [0.717, 1.165) is 24.9 Å². The van der Waals surface area contributed by atoms with Crippen LogP contribution in [-0.4, -0.2) is 18.0 Å². The van der Waals surface area contributed by atoms with Crippen LogP contribution in [0.2, 0.25) is 0 Å². The molecule has 0 amide bonds. The van der Waals surface area contributed by atoms with E-state index in [2.05, 4.69) is 51.3 Å². The Bertz CT molecular complexity index is 423. The molecule has 0 spiro atoms. The van der Waals surface area contributed by atoms with Gasteiger partial charge in [-0.1, -0.05) is 43.7 Å². The van der Waals surface area contributed by atoms with E-state index in [1.165, 1.54) is 37.8 Å². The number of rotatable bonds is 7. The Hall–Kier alpha value is -0.980. The monoisotopic (exact) mass is 287 g/mol. The SMILES string of the molecule is C=C(C1CC1)N(C/C=C(/C)C1CC=C(C)CC1)CC(C)C. The lowest BCUT2D eigenvalue weighted by Gasteiger charge is -2.29. The zero-order chi connectivity index (χ0) is 15.4. The van der Waals surface area contributed by atoms with Crippen molar-refractivity contribution in [3.05, 3.63) is 35.6 Å². The Labute approximate surface area is 131 Å². The molecule has 1 unspecified atom stereocenters. The maximum atomic E-state index is 4.36. The molecule has 2 aliphatic carbocycles. The third-order valence-corrected chi connectivity index (χ3v) is 4.96. The highest BCUT2D eigenvalue weighted by molar-refractivity contribution is 5.15. The minimum atomic E-state index is 0.703. The number of allylic oxidation sites excluding steroid dienone is 4. The zero-order valence-corrected chi connectivity index (χ0v) is 14.5. The number of nitrogens with zero attached hydrogens (tertiary/aromatic N) is 1. The molecule has 1 fully saturated rings. The van der Waals surface area contributed by atoms with Crippen molar-refractivity contribution in [2.75, 3.05) is 13.1 Å². The van der Waals surface area contributed by atoms with Crippen LogP contribution in [-0.2, 0) is 0 Å².